The molecule has 0 bridgehead atoms. The molecule has 3 heteroatoms. The average molecular weight is 589 g/mol. The highest BCUT2D eigenvalue weighted by Crippen LogP contribution is 2.49. The predicted octanol–water partition coefficient (Wildman–Crippen LogP) is 9.39. The van der Waals surface area contributed by atoms with E-state index in [1.54, 1.807) is 0 Å². The van der Waals surface area contributed by atoms with Gasteiger partial charge >= 0.3 is 0 Å². The second kappa shape index (κ2) is 10.7. The van der Waals surface area contributed by atoms with E-state index in [-0.39, 0.29) is 6.71 Å². The first-order chi connectivity index (χ1) is 22.8. The molecule has 46 heavy (non-hydrogen) atoms. The van der Waals surface area contributed by atoms with Gasteiger partial charge in [0, 0.05) is 27.7 Å². The van der Waals surface area contributed by atoms with Crippen LogP contribution in [0.15, 0.2) is 158 Å². The van der Waals surface area contributed by atoms with Crippen molar-refractivity contribution >= 4 is 23.1 Å². The molecule has 0 saturated heterocycles. The van der Waals surface area contributed by atoms with Crippen molar-refractivity contribution in [2.24, 2.45) is 0 Å². The van der Waals surface area contributed by atoms with Gasteiger partial charge in [0.2, 0.25) is 0 Å². The average Bonchev–Trinajstić information content (AvgIpc) is 3.12. The van der Waals surface area contributed by atoms with E-state index >= 15 is 0 Å². The van der Waals surface area contributed by atoms with Crippen molar-refractivity contribution in [2.45, 2.75) is 6.92 Å². The molecule has 0 radical (unpaired) electrons. The zero-order chi connectivity index (χ0) is 30.6. The molecule has 0 aromatic heterocycles. The summed E-state index contributed by atoms with van der Waals surface area (Å²) >= 11 is 0. The molecular formula is C43H29BO2. The van der Waals surface area contributed by atoms with Crippen molar-refractivity contribution in [3.8, 4) is 67.5 Å². The van der Waals surface area contributed by atoms with Crippen LogP contribution < -0.4 is 25.9 Å². The summed E-state index contributed by atoms with van der Waals surface area (Å²) in [6.45, 7) is 2.09. The van der Waals surface area contributed by atoms with Crippen LogP contribution in [0.2, 0.25) is 0 Å². The Hall–Kier alpha value is -5.80. The number of rotatable bonds is 4. The van der Waals surface area contributed by atoms with Gasteiger partial charge in [-0.3, -0.25) is 0 Å². The van der Waals surface area contributed by atoms with E-state index in [1.165, 1.54) is 5.56 Å². The SMILES string of the molecule is Cc1ccccc1-c1cc(-c2ccccc2)c2c3c1Oc1c(cccc1-c1ccccc1)B3c1cccc(-c3ccccc3)c1O2. The molecule has 0 amide bonds. The Balaban J connectivity index is 1.41. The van der Waals surface area contributed by atoms with E-state index in [0.717, 1.165) is 83.9 Å². The normalized spacial score (nSPS) is 12.3. The van der Waals surface area contributed by atoms with Crippen LogP contribution in [0.5, 0.6) is 23.0 Å². The molecule has 0 spiro atoms. The van der Waals surface area contributed by atoms with Crippen LogP contribution in [0.1, 0.15) is 5.56 Å². The van der Waals surface area contributed by atoms with Gasteiger partial charge in [-0.15, -0.1) is 0 Å². The summed E-state index contributed by atoms with van der Waals surface area (Å²) in [4.78, 5) is 0. The first-order valence-electron chi connectivity index (χ1n) is 15.8. The van der Waals surface area contributed by atoms with Crippen molar-refractivity contribution in [1.82, 2.24) is 0 Å². The fraction of sp³-hybridized carbons (Fsp3) is 0.0233. The third-order valence-electron chi connectivity index (χ3n) is 9.37. The first-order valence-corrected chi connectivity index (χ1v) is 15.8. The maximum absolute atomic E-state index is 7.19. The molecule has 2 aliphatic rings. The standard InChI is InChI=1S/C43H29BO2/c1-28-15-11-12-22-32(28)36-27-35(31-20-9-4-10-21-31)42-39-43(36)46-41-34(30-18-7-3-8-19-30)24-14-26-38(41)44(39)37-25-13-23-33(40(37)45-42)29-16-5-2-6-17-29/h2-27H,1H3. The Bertz CT molecular complexity index is 2250. The van der Waals surface area contributed by atoms with Crippen LogP contribution in [0.4, 0.5) is 0 Å². The number of fused-ring (bicyclic) bond motifs is 4. The Morgan fingerprint density at radius 3 is 1.33 bits per heavy atom. The van der Waals surface area contributed by atoms with Crippen molar-refractivity contribution in [2.75, 3.05) is 0 Å². The Kier molecular flexibility index (Phi) is 6.17. The second-order valence-electron chi connectivity index (χ2n) is 12.0. The molecule has 7 aromatic carbocycles. The van der Waals surface area contributed by atoms with Gasteiger partial charge in [0.1, 0.15) is 23.0 Å². The summed E-state index contributed by atoms with van der Waals surface area (Å²) in [7, 11) is 0. The topological polar surface area (TPSA) is 18.5 Å². The molecule has 0 aliphatic carbocycles. The number of benzene rings is 7. The highest BCUT2D eigenvalue weighted by atomic mass is 16.5. The van der Waals surface area contributed by atoms with E-state index in [4.69, 9.17) is 9.47 Å². The van der Waals surface area contributed by atoms with E-state index in [9.17, 15) is 0 Å². The van der Waals surface area contributed by atoms with Crippen LogP contribution in [-0.2, 0) is 0 Å². The molecule has 0 atom stereocenters. The van der Waals surface area contributed by atoms with E-state index in [1.807, 2.05) is 0 Å². The van der Waals surface area contributed by atoms with Crippen molar-refractivity contribution in [3.63, 3.8) is 0 Å². The molecule has 0 fully saturated rings. The monoisotopic (exact) mass is 588 g/mol. The molecule has 2 nitrogen and oxygen atoms in total. The van der Waals surface area contributed by atoms with Crippen LogP contribution >= 0.6 is 0 Å². The Labute approximate surface area is 269 Å². The molecular weight excluding hydrogens is 559 g/mol. The van der Waals surface area contributed by atoms with Gasteiger partial charge in [0.25, 0.3) is 6.71 Å². The minimum absolute atomic E-state index is 0.0868. The third-order valence-corrected chi connectivity index (χ3v) is 9.37. The highest BCUT2D eigenvalue weighted by Gasteiger charge is 2.44. The predicted molar refractivity (Wildman–Crippen MR) is 191 cm³/mol. The van der Waals surface area contributed by atoms with E-state index in [0.29, 0.717) is 0 Å². The molecule has 0 unspecified atom stereocenters. The maximum Gasteiger partial charge on any atom is 0.260 e. The summed E-state index contributed by atoms with van der Waals surface area (Å²) in [5, 5.41) is 0. The molecule has 216 valence electrons. The first kappa shape index (κ1) is 26.6. The van der Waals surface area contributed by atoms with Crippen molar-refractivity contribution in [3.05, 3.63) is 163 Å². The number of hydrogen-bond acceptors (Lipinski definition) is 2. The molecule has 0 saturated carbocycles. The van der Waals surface area contributed by atoms with Crippen molar-refractivity contribution < 1.29 is 9.47 Å². The van der Waals surface area contributed by atoms with Gasteiger partial charge in [0.15, 0.2) is 0 Å². The zero-order valence-corrected chi connectivity index (χ0v) is 25.4. The molecule has 2 heterocycles. The largest absolute Gasteiger partial charge is 0.457 e. The minimum atomic E-state index is -0.0868. The van der Waals surface area contributed by atoms with Crippen molar-refractivity contribution in [1.29, 1.82) is 0 Å². The van der Waals surface area contributed by atoms with Gasteiger partial charge in [-0.25, -0.2) is 0 Å². The fourth-order valence-corrected chi connectivity index (χ4v) is 7.22. The molecule has 2 aliphatic heterocycles. The van der Waals surface area contributed by atoms with Gasteiger partial charge in [-0.1, -0.05) is 152 Å². The van der Waals surface area contributed by atoms with Gasteiger partial charge in [0.05, 0.1) is 0 Å². The summed E-state index contributed by atoms with van der Waals surface area (Å²) in [6, 6.07) is 55.7. The summed E-state index contributed by atoms with van der Waals surface area (Å²) < 4.78 is 14.4. The fourth-order valence-electron chi connectivity index (χ4n) is 7.22. The maximum atomic E-state index is 7.19. The zero-order valence-electron chi connectivity index (χ0n) is 25.4. The van der Waals surface area contributed by atoms with Crippen LogP contribution in [-0.4, -0.2) is 6.71 Å². The lowest BCUT2D eigenvalue weighted by atomic mass is 9.34. The smallest absolute Gasteiger partial charge is 0.260 e. The summed E-state index contributed by atoms with van der Waals surface area (Å²) in [6.07, 6.45) is 0. The molecule has 9 rings (SSSR count). The third kappa shape index (κ3) is 4.13. The lowest BCUT2D eigenvalue weighted by Gasteiger charge is -2.37. The quantitative estimate of drug-likeness (QED) is 0.191. The van der Waals surface area contributed by atoms with Crippen LogP contribution in [0.25, 0.3) is 44.5 Å². The van der Waals surface area contributed by atoms with Crippen LogP contribution in [0.3, 0.4) is 0 Å². The number of hydrogen-bond donors (Lipinski definition) is 0. The Morgan fingerprint density at radius 2 is 0.804 bits per heavy atom. The van der Waals surface area contributed by atoms with Gasteiger partial charge < -0.3 is 9.47 Å². The lowest BCUT2D eigenvalue weighted by molar-refractivity contribution is 0.468. The van der Waals surface area contributed by atoms with E-state index < -0.39 is 0 Å². The number of aryl methyl sites for hydroxylation is 1. The lowest BCUT2D eigenvalue weighted by Crippen LogP contribution is -2.57. The number of ether oxygens (including phenoxy) is 2. The highest BCUT2D eigenvalue weighted by molar-refractivity contribution is 6.98. The molecule has 0 N–H and O–H groups in total. The minimum Gasteiger partial charge on any atom is -0.457 e. The molecule has 7 aromatic rings. The number of para-hydroxylation sites is 2. The second-order valence-corrected chi connectivity index (χ2v) is 12.0. The van der Waals surface area contributed by atoms with Gasteiger partial charge in [-0.2, -0.15) is 0 Å². The van der Waals surface area contributed by atoms with Crippen LogP contribution in [0, 0.1) is 6.92 Å². The van der Waals surface area contributed by atoms with E-state index in [2.05, 4.69) is 165 Å². The Morgan fingerprint density at radius 1 is 0.370 bits per heavy atom. The summed E-state index contributed by atoms with van der Waals surface area (Å²) in [5.74, 6) is 3.52. The summed E-state index contributed by atoms with van der Waals surface area (Å²) in [5.41, 5.74) is 13.4. The van der Waals surface area contributed by atoms with Gasteiger partial charge in [-0.05, 0) is 51.7 Å².